The third-order valence-corrected chi connectivity index (χ3v) is 9.23. The van der Waals surface area contributed by atoms with E-state index in [2.05, 4.69) is 0 Å². The number of amides is 1. The normalized spacial score (nSPS) is 29.5. The van der Waals surface area contributed by atoms with Crippen LogP contribution < -0.4 is 4.74 Å². The number of hydrogen-bond donors (Lipinski definition) is 1. The lowest BCUT2D eigenvalue weighted by Crippen LogP contribution is -2.65. The fraction of sp³-hybridized carbons (Fsp3) is 0.533. The highest BCUT2D eigenvalue weighted by molar-refractivity contribution is 5.86. The van der Waals surface area contributed by atoms with Crippen molar-refractivity contribution >= 4 is 11.9 Å². The molecule has 3 aliphatic rings. The summed E-state index contributed by atoms with van der Waals surface area (Å²) in [6.45, 7) is 0.498. The number of carbonyl (C=O) groups excluding carboxylic acids is 1. The Labute approximate surface area is 233 Å². The molecular formula is C30H31F6NO4. The number of alkyl halides is 5. The second-order valence-corrected chi connectivity index (χ2v) is 11.7. The van der Waals surface area contributed by atoms with Crippen LogP contribution in [0.2, 0.25) is 0 Å². The minimum atomic E-state index is -5.16. The maximum Gasteiger partial charge on any atom is 0.426 e. The van der Waals surface area contributed by atoms with Gasteiger partial charge in [0.15, 0.2) is 5.67 Å². The predicted molar refractivity (Wildman–Crippen MR) is 136 cm³/mol. The molecule has 1 amide bonds. The van der Waals surface area contributed by atoms with Gasteiger partial charge in [0.05, 0.1) is 12.0 Å². The van der Waals surface area contributed by atoms with Gasteiger partial charge in [0.2, 0.25) is 5.67 Å². The quantitative estimate of drug-likeness (QED) is 0.413. The van der Waals surface area contributed by atoms with Crippen LogP contribution >= 0.6 is 0 Å². The van der Waals surface area contributed by atoms with Crippen molar-refractivity contribution in [2.45, 2.75) is 80.8 Å². The summed E-state index contributed by atoms with van der Waals surface area (Å²) in [7, 11) is 0. The van der Waals surface area contributed by atoms with Crippen LogP contribution in [0.1, 0.15) is 62.1 Å². The Bertz CT molecular complexity index is 1320. The molecule has 1 N–H and O–H groups in total. The first-order valence-corrected chi connectivity index (χ1v) is 13.7. The molecule has 1 saturated carbocycles. The molecule has 0 radical (unpaired) electrons. The molecular weight excluding hydrogens is 552 g/mol. The Morgan fingerprint density at radius 2 is 1.71 bits per heavy atom. The maximum atomic E-state index is 16.1. The van der Waals surface area contributed by atoms with Crippen LogP contribution in [0.25, 0.3) is 0 Å². The van der Waals surface area contributed by atoms with Crippen molar-refractivity contribution in [3.05, 3.63) is 65.0 Å². The lowest BCUT2D eigenvalue weighted by Gasteiger charge is -2.54. The summed E-state index contributed by atoms with van der Waals surface area (Å²) in [5.41, 5.74) is -6.27. The van der Waals surface area contributed by atoms with Gasteiger partial charge in [0.1, 0.15) is 18.2 Å². The highest BCUT2D eigenvalue weighted by Crippen LogP contribution is 2.52. The van der Waals surface area contributed by atoms with Gasteiger partial charge in [-0.15, -0.1) is 0 Å². The number of carbonyl (C=O) groups is 2. The van der Waals surface area contributed by atoms with Gasteiger partial charge in [-0.2, -0.15) is 13.2 Å². The Morgan fingerprint density at radius 3 is 2.32 bits per heavy atom. The number of likely N-dealkylation sites (tertiary alicyclic amines) is 1. The second kappa shape index (κ2) is 10.2. The number of aliphatic carboxylic acids is 1. The average Bonchev–Trinajstić information content (AvgIpc) is 2.92. The lowest BCUT2D eigenvalue weighted by molar-refractivity contribution is -0.228. The van der Waals surface area contributed by atoms with Gasteiger partial charge in [0.25, 0.3) is 5.91 Å². The van der Waals surface area contributed by atoms with Crippen LogP contribution in [0.4, 0.5) is 26.3 Å². The molecule has 5 nitrogen and oxygen atoms in total. The van der Waals surface area contributed by atoms with Crippen LogP contribution in [0, 0.1) is 11.7 Å². The van der Waals surface area contributed by atoms with Crippen LogP contribution in [-0.4, -0.2) is 52.9 Å². The molecule has 3 unspecified atom stereocenters. The van der Waals surface area contributed by atoms with Crippen molar-refractivity contribution in [2.75, 3.05) is 13.2 Å². The summed E-state index contributed by atoms with van der Waals surface area (Å²) in [5.74, 6) is -2.90. The largest absolute Gasteiger partial charge is 0.491 e. The number of halogens is 6. The standard InChI is InChI=1S/C30H31F6NO4/c1-27(32,30(34,35)36)20-5-8-22-23(15-20)41-17-24-28(22,16-18-3-6-21(31)7-4-18)11-2-14-37(24)26(40)29(33)12-9-19(10-13-29)25(38)39/h3-8,15,19,24H,2,9-14,16-17H2,1H3,(H,38,39)/t19-,24?,27?,28?,29+. The summed E-state index contributed by atoms with van der Waals surface area (Å²) in [5, 5.41) is 9.30. The number of fused-ring (bicyclic) bond motifs is 3. The number of piperidine rings is 1. The molecule has 2 aromatic rings. The number of rotatable bonds is 5. The molecule has 0 aromatic heterocycles. The molecule has 2 aliphatic heterocycles. The molecule has 2 fully saturated rings. The number of nitrogens with zero attached hydrogens (tertiary/aromatic N) is 1. The fourth-order valence-electron chi connectivity index (χ4n) is 6.73. The van der Waals surface area contributed by atoms with E-state index in [4.69, 9.17) is 4.74 Å². The molecule has 0 spiro atoms. The van der Waals surface area contributed by atoms with E-state index < -0.39 is 58.1 Å². The topological polar surface area (TPSA) is 66.8 Å². The summed E-state index contributed by atoms with van der Waals surface area (Å²) in [6, 6.07) is 8.51. The van der Waals surface area contributed by atoms with Gasteiger partial charge in [-0.25, -0.2) is 13.2 Å². The van der Waals surface area contributed by atoms with E-state index in [1.165, 1.54) is 23.1 Å². The van der Waals surface area contributed by atoms with Gasteiger partial charge in [-0.1, -0.05) is 24.3 Å². The van der Waals surface area contributed by atoms with Crippen LogP contribution in [-0.2, 0) is 27.1 Å². The number of benzene rings is 2. The molecule has 222 valence electrons. The van der Waals surface area contributed by atoms with Crippen molar-refractivity contribution < 1.29 is 45.8 Å². The highest BCUT2D eigenvalue weighted by atomic mass is 19.4. The lowest BCUT2D eigenvalue weighted by atomic mass is 9.63. The highest BCUT2D eigenvalue weighted by Gasteiger charge is 2.57. The molecule has 3 atom stereocenters. The van der Waals surface area contributed by atoms with Crippen molar-refractivity contribution in [3.63, 3.8) is 0 Å². The van der Waals surface area contributed by atoms with Gasteiger partial charge in [0, 0.05) is 23.1 Å². The molecule has 5 rings (SSSR count). The maximum absolute atomic E-state index is 16.1. The number of carboxylic acids is 1. The van der Waals surface area contributed by atoms with Crippen molar-refractivity contribution in [1.29, 1.82) is 0 Å². The van der Waals surface area contributed by atoms with Gasteiger partial charge >= 0.3 is 12.1 Å². The molecule has 1 saturated heterocycles. The predicted octanol–water partition coefficient (Wildman–Crippen LogP) is 6.42. The number of ether oxygens (including phenoxy) is 1. The van der Waals surface area contributed by atoms with E-state index in [1.807, 2.05) is 0 Å². The van der Waals surface area contributed by atoms with E-state index in [0.717, 1.165) is 12.1 Å². The van der Waals surface area contributed by atoms with E-state index in [0.29, 0.717) is 30.9 Å². The third-order valence-electron chi connectivity index (χ3n) is 9.23. The first kappa shape index (κ1) is 29.3. The smallest absolute Gasteiger partial charge is 0.426 e. The monoisotopic (exact) mass is 583 g/mol. The Hall–Kier alpha value is -3.24. The average molecular weight is 584 g/mol. The van der Waals surface area contributed by atoms with Gasteiger partial charge in [-0.3, -0.25) is 9.59 Å². The van der Waals surface area contributed by atoms with Crippen molar-refractivity contribution in [3.8, 4) is 5.75 Å². The van der Waals surface area contributed by atoms with Crippen molar-refractivity contribution in [1.82, 2.24) is 4.90 Å². The molecule has 41 heavy (non-hydrogen) atoms. The first-order chi connectivity index (χ1) is 19.2. The number of hydrogen-bond acceptors (Lipinski definition) is 3. The molecule has 11 heteroatoms. The summed E-state index contributed by atoms with van der Waals surface area (Å²) in [6.07, 6.45) is -4.39. The zero-order valence-corrected chi connectivity index (χ0v) is 22.4. The van der Waals surface area contributed by atoms with E-state index in [-0.39, 0.29) is 51.0 Å². The van der Waals surface area contributed by atoms with Gasteiger partial charge < -0.3 is 14.7 Å². The van der Waals surface area contributed by atoms with Crippen molar-refractivity contribution in [2.24, 2.45) is 5.92 Å². The minimum absolute atomic E-state index is 0.0279. The molecule has 2 aromatic carbocycles. The summed E-state index contributed by atoms with van der Waals surface area (Å²) >= 11 is 0. The fourth-order valence-corrected chi connectivity index (χ4v) is 6.73. The molecule has 0 bridgehead atoms. The Balaban J connectivity index is 1.54. The molecule has 1 aliphatic carbocycles. The second-order valence-electron chi connectivity index (χ2n) is 11.7. The zero-order chi connectivity index (χ0) is 29.8. The zero-order valence-electron chi connectivity index (χ0n) is 22.4. The molecule has 2 heterocycles. The van der Waals surface area contributed by atoms with E-state index >= 15 is 4.39 Å². The van der Waals surface area contributed by atoms with Crippen LogP contribution in [0.5, 0.6) is 5.75 Å². The minimum Gasteiger partial charge on any atom is -0.491 e. The van der Waals surface area contributed by atoms with Gasteiger partial charge in [-0.05, 0) is 75.6 Å². The van der Waals surface area contributed by atoms with Crippen LogP contribution in [0.15, 0.2) is 42.5 Å². The SMILES string of the molecule is CC(F)(c1ccc2c(c1)OCC1N(C(=O)[C@]3(F)CC[C@@H](C(=O)O)CC3)CCCC21Cc1ccc(F)cc1)C(F)(F)F. The summed E-state index contributed by atoms with van der Waals surface area (Å²) in [4.78, 5) is 26.6. The van der Waals surface area contributed by atoms with Crippen LogP contribution in [0.3, 0.4) is 0 Å². The Morgan fingerprint density at radius 1 is 1.05 bits per heavy atom. The van der Waals surface area contributed by atoms with E-state index in [9.17, 15) is 36.6 Å². The third kappa shape index (κ3) is 5.05. The number of carboxylic acid groups (broad SMARTS) is 1. The first-order valence-electron chi connectivity index (χ1n) is 13.7. The Kier molecular flexibility index (Phi) is 7.31. The summed E-state index contributed by atoms with van der Waals surface area (Å²) < 4.78 is 91.0. The van der Waals surface area contributed by atoms with E-state index in [1.54, 1.807) is 12.1 Å².